The van der Waals surface area contributed by atoms with Gasteiger partial charge in [0.25, 0.3) is 5.91 Å². The van der Waals surface area contributed by atoms with Crippen LogP contribution in [0.1, 0.15) is 29.3 Å². The smallest absolute Gasteiger partial charge is 0.279 e. The largest absolute Gasteiger partial charge is 0.369 e. The minimum absolute atomic E-state index is 0.140. The van der Waals surface area contributed by atoms with Crippen molar-refractivity contribution in [1.82, 2.24) is 5.32 Å². The fourth-order valence-electron chi connectivity index (χ4n) is 1.48. The second-order valence-electron chi connectivity index (χ2n) is 3.24. The second kappa shape index (κ2) is 3.62. The SMILES string of the molecule is CCCNC1=NC(=O)c2ccccc21. The highest BCUT2D eigenvalue weighted by atomic mass is 16.1. The van der Waals surface area contributed by atoms with E-state index < -0.39 is 0 Å². The molecular formula is C11H12N2O. The molecule has 3 heteroatoms. The molecule has 0 spiro atoms. The van der Waals surface area contributed by atoms with Gasteiger partial charge in [-0.2, -0.15) is 4.99 Å². The van der Waals surface area contributed by atoms with Crippen LogP contribution in [0, 0.1) is 0 Å². The standard InChI is InChI=1S/C11H12N2O/c1-2-7-12-10-8-5-3-4-6-9(8)11(14)13-10/h3-6H,2,7H2,1H3,(H,12,13,14). The highest BCUT2D eigenvalue weighted by Crippen LogP contribution is 2.16. The molecule has 1 aliphatic rings. The van der Waals surface area contributed by atoms with Crippen LogP contribution in [0.4, 0.5) is 0 Å². The van der Waals surface area contributed by atoms with E-state index >= 15 is 0 Å². The third-order valence-electron chi connectivity index (χ3n) is 2.17. The maximum atomic E-state index is 11.4. The van der Waals surface area contributed by atoms with Gasteiger partial charge in [-0.3, -0.25) is 4.79 Å². The fourth-order valence-corrected chi connectivity index (χ4v) is 1.48. The van der Waals surface area contributed by atoms with Crippen LogP contribution in [0.3, 0.4) is 0 Å². The zero-order valence-electron chi connectivity index (χ0n) is 8.08. The van der Waals surface area contributed by atoms with Gasteiger partial charge in [0.1, 0.15) is 5.84 Å². The molecule has 0 radical (unpaired) electrons. The number of nitrogens with zero attached hydrogens (tertiary/aromatic N) is 1. The number of amidine groups is 1. The van der Waals surface area contributed by atoms with Crippen molar-refractivity contribution in [1.29, 1.82) is 0 Å². The van der Waals surface area contributed by atoms with Gasteiger partial charge < -0.3 is 5.32 Å². The molecule has 0 aromatic heterocycles. The first-order valence-electron chi connectivity index (χ1n) is 4.79. The van der Waals surface area contributed by atoms with Gasteiger partial charge in [-0.1, -0.05) is 25.1 Å². The van der Waals surface area contributed by atoms with E-state index in [0.717, 1.165) is 18.5 Å². The number of fused-ring (bicyclic) bond motifs is 1. The fraction of sp³-hybridized carbons (Fsp3) is 0.273. The van der Waals surface area contributed by atoms with Gasteiger partial charge in [-0.15, -0.1) is 0 Å². The molecule has 1 aliphatic heterocycles. The predicted molar refractivity (Wildman–Crippen MR) is 55.6 cm³/mol. The summed E-state index contributed by atoms with van der Waals surface area (Å²) >= 11 is 0. The van der Waals surface area contributed by atoms with Crippen molar-refractivity contribution in [2.24, 2.45) is 4.99 Å². The van der Waals surface area contributed by atoms with Crippen LogP contribution >= 0.6 is 0 Å². The summed E-state index contributed by atoms with van der Waals surface area (Å²) in [4.78, 5) is 15.4. The molecule has 14 heavy (non-hydrogen) atoms. The van der Waals surface area contributed by atoms with Crippen LogP contribution < -0.4 is 5.32 Å². The molecule has 0 atom stereocenters. The van der Waals surface area contributed by atoms with Crippen LogP contribution in [-0.2, 0) is 0 Å². The molecule has 0 fully saturated rings. The van der Waals surface area contributed by atoms with E-state index in [-0.39, 0.29) is 5.91 Å². The molecule has 1 aromatic rings. The van der Waals surface area contributed by atoms with Gasteiger partial charge in [0, 0.05) is 12.1 Å². The van der Waals surface area contributed by atoms with Gasteiger partial charge in [-0.05, 0) is 12.5 Å². The summed E-state index contributed by atoms with van der Waals surface area (Å²) in [5.41, 5.74) is 1.62. The Morgan fingerprint density at radius 3 is 2.71 bits per heavy atom. The molecule has 0 saturated carbocycles. The average Bonchev–Trinajstić information content (AvgIpc) is 2.54. The molecule has 0 saturated heterocycles. The number of hydrogen-bond donors (Lipinski definition) is 1. The predicted octanol–water partition coefficient (Wildman–Crippen LogP) is 1.59. The Bertz CT molecular complexity index is 396. The first kappa shape index (κ1) is 8.94. The Balaban J connectivity index is 2.29. The maximum absolute atomic E-state index is 11.4. The van der Waals surface area contributed by atoms with Gasteiger partial charge in [0.2, 0.25) is 0 Å². The van der Waals surface area contributed by atoms with E-state index in [1.165, 1.54) is 0 Å². The minimum Gasteiger partial charge on any atom is -0.369 e. The van der Waals surface area contributed by atoms with E-state index in [0.29, 0.717) is 11.4 Å². The Hall–Kier alpha value is -1.64. The van der Waals surface area contributed by atoms with E-state index in [1.54, 1.807) is 0 Å². The van der Waals surface area contributed by atoms with Crippen molar-refractivity contribution in [3.63, 3.8) is 0 Å². The first-order chi connectivity index (χ1) is 6.83. The lowest BCUT2D eigenvalue weighted by Gasteiger charge is -2.04. The van der Waals surface area contributed by atoms with Crippen molar-refractivity contribution in [3.8, 4) is 0 Å². The van der Waals surface area contributed by atoms with Crippen LogP contribution in [0.5, 0.6) is 0 Å². The molecule has 1 heterocycles. The molecule has 0 bridgehead atoms. The maximum Gasteiger partial charge on any atom is 0.279 e. The number of rotatable bonds is 2. The number of carbonyl (C=O) groups excluding carboxylic acids is 1. The number of carbonyl (C=O) groups is 1. The summed E-state index contributed by atoms with van der Waals surface area (Å²) in [6, 6.07) is 7.50. The highest BCUT2D eigenvalue weighted by molar-refractivity contribution is 6.20. The first-order valence-corrected chi connectivity index (χ1v) is 4.79. The van der Waals surface area contributed by atoms with E-state index in [9.17, 15) is 4.79 Å². The van der Waals surface area contributed by atoms with Gasteiger partial charge in [-0.25, -0.2) is 0 Å². The monoisotopic (exact) mass is 188 g/mol. The van der Waals surface area contributed by atoms with Crippen molar-refractivity contribution >= 4 is 11.7 Å². The number of amides is 1. The lowest BCUT2D eigenvalue weighted by atomic mass is 10.1. The zero-order valence-corrected chi connectivity index (χ0v) is 8.08. The Morgan fingerprint density at radius 2 is 2.00 bits per heavy atom. The molecule has 3 nitrogen and oxygen atoms in total. The van der Waals surface area contributed by atoms with Crippen LogP contribution in [0.2, 0.25) is 0 Å². The summed E-state index contributed by atoms with van der Waals surface area (Å²) in [7, 11) is 0. The average molecular weight is 188 g/mol. The molecule has 72 valence electrons. The third kappa shape index (κ3) is 1.41. The van der Waals surface area contributed by atoms with Gasteiger partial charge in [0.15, 0.2) is 0 Å². The second-order valence-corrected chi connectivity index (χ2v) is 3.24. The Morgan fingerprint density at radius 1 is 1.29 bits per heavy atom. The lowest BCUT2D eigenvalue weighted by molar-refractivity contribution is 0.101. The Kier molecular flexibility index (Phi) is 2.31. The summed E-state index contributed by atoms with van der Waals surface area (Å²) in [6.07, 6.45) is 1.02. The van der Waals surface area contributed by atoms with Crippen molar-refractivity contribution < 1.29 is 4.79 Å². The van der Waals surface area contributed by atoms with E-state index in [2.05, 4.69) is 17.2 Å². The Labute approximate surface area is 82.9 Å². The molecule has 0 aliphatic carbocycles. The van der Waals surface area contributed by atoms with Crippen molar-refractivity contribution in [2.75, 3.05) is 6.54 Å². The summed E-state index contributed by atoms with van der Waals surface area (Å²) in [6.45, 7) is 2.93. The third-order valence-corrected chi connectivity index (χ3v) is 2.17. The summed E-state index contributed by atoms with van der Waals surface area (Å²) in [5.74, 6) is 0.576. The normalized spacial score (nSPS) is 13.8. The number of aliphatic imine (C=N–C) groups is 1. The van der Waals surface area contributed by atoms with Crippen LogP contribution in [-0.4, -0.2) is 18.3 Å². The van der Waals surface area contributed by atoms with Gasteiger partial charge in [0.05, 0.1) is 5.56 Å². The van der Waals surface area contributed by atoms with Gasteiger partial charge >= 0.3 is 0 Å². The molecule has 1 aromatic carbocycles. The molecule has 2 rings (SSSR count). The molecule has 0 unspecified atom stereocenters. The van der Waals surface area contributed by atoms with Crippen LogP contribution in [0.15, 0.2) is 29.3 Å². The summed E-state index contributed by atoms with van der Waals surface area (Å²) in [5, 5.41) is 3.15. The highest BCUT2D eigenvalue weighted by Gasteiger charge is 2.21. The molecule has 1 N–H and O–H groups in total. The number of nitrogens with one attached hydrogen (secondary N) is 1. The zero-order chi connectivity index (χ0) is 9.97. The number of hydrogen-bond acceptors (Lipinski definition) is 2. The molecule has 1 amide bonds. The van der Waals surface area contributed by atoms with Crippen molar-refractivity contribution in [2.45, 2.75) is 13.3 Å². The minimum atomic E-state index is -0.140. The quantitative estimate of drug-likeness (QED) is 0.765. The van der Waals surface area contributed by atoms with Crippen molar-refractivity contribution in [3.05, 3.63) is 35.4 Å². The molecular weight excluding hydrogens is 176 g/mol. The van der Waals surface area contributed by atoms with Crippen LogP contribution in [0.25, 0.3) is 0 Å². The van der Waals surface area contributed by atoms with E-state index in [1.807, 2.05) is 24.3 Å². The summed E-state index contributed by atoms with van der Waals surface area (Å²) < 4.78 is 0. The van der Waals surface area contributed by atoms with E-state index in [4.69, 9.17) is 0 Å². The topological polar surface area (TPSA) is 41.5 Å². The number of benzene rings is 1. The lowest BCUT2D eigenvalue weighted by Crippen LogP contribution is -2.23.